The first-order valence-electron chi connectivity index (χ1n) is 24.0. The number of thiophene rings is 1. The molecule has 0 bridgehead atoms. The SMILES string of the molecule is Cc1ncsc1-c1ccc([C@H](C)NC(=O)[C@@H]2C[C@@H](O)CN2C(=O)[C@@H](NC(=O)/C=C/c2ccc(F)c(O[C@H](C)CNC(=O)CC3N=C(c4ccc(Cl)cc4)c4c(sc(C)c4C)-n4c(C)nnc43)c2)C(C)(C)C)cc1. The molecule has 3 aromatic heterocycles. The summed E-state index contributed by atoms with van der Waals surface area (Å²) >= 11 is 9.43. The lowest BCUT2D eigenvalue weighted by atomic mass is 9.85. The average molecular weight is 1050 g/mol. The fourth-order valence-corrected chi connectivity index (χ4v) is 11.1. The first-order valence-corrected chi connectivity index (χ1v) is 26.1. The number of carbonyl (C=O) groups excluding carboxylic acids is 4. The van der Waals surface area contributed by atoms with E-state index in [-0.39, 0.29) is 37.6 Å². The molecule has 8 rings (SSSR count). The van der Waals surface area contributed by atoms with Crippen LogP contribution in [0.3, 0.4) is 0 Å². The van der Waals surface area contributed by atoms with Crippen molar-refractivity contribution in [2.75, 3.05) is 13.1 Å². The van der Waals surface area contributed by atoms with E-state index in [2.05, 4.69) is 45.0 Å². The van der Waals surface area contributed by atoms with Gasteiger partial charge >= 0.3 is 0 Å². The molecule has 2 aliphatic heterocycles. The third-order valence-electron chi connectivity index (χ3n) is 13.1. The average Bonchev–Trinajstić information content (AvgIpc) is 4.12. The zero-order valence-corrected chi connectivity index (χ0v) is 44.5. The molecule has 3 aromatic carbocycles. The van der Waals surface area contributed by atoms with Crippen molar-refractivity contribution < 1.29 is 33.4 Å². The lowest BCUT2D eigenvalue weighted by Crippen LogP contribution is -2.57. The number of aliphatic hydroxyl groups is 1. The van der Waals surface area contributed by atoms with E-state index in [4.69, 9.17) is 21.3 Å². The summed E-state index contributed by atoms with van der Waals surface area (Å²) in [4.78, 5) is 68.2. The minimum atomic E-state index is -1.07. The van der Waals surface area contributed by atoms with E-state index in [9.17, 15) is 24.3 Å². The molecular weight excluding hydrogens is 989 g/mol. The molecule has 6 atom stereocenters. The molecule has 4 N–H and O–H groups in total. The van der Waals surface area contributed by atoms with E-state index in [1.165, 1.54) is 35.3 Å². The molecule has 4 amide bonds. The van der Waals surface area contributed by atoms with E-state index in [1.54, 1.807) is 55.9 Å². The summed E-state index contributed by atoms with van der Waals surface area (Å²) in [6.45, 7) is 16.9. The van der Waals surface area contributed by atoms with Crippen LogP contribution in [0.2, 0.25) is 5.02 Å². The summed E-state index contributed by atoms with van der Waals surface area (Å²) in [6, 6.07) is 16.3. The normalized spacial score (nSPS) is 17.8. The van der Waals surface area contributed by atoms with Crippen LogP contribution in [0.5, 0.6) is 5.75 Å². The molecule has 0 radical (unpaired) electrons. The van der Waals surface area contributed by atoms with Gasteiger partial charge in [0.15, 0.2) is 17.4 Å². The lowest BCUT2D eigenvalue weighted by molar-refractivity contribution is -0.143. The van der Waals surface area contributed by atoms with Crippen LogP contribution >= 0.6 is 34.3 Å². The van der Waals surface area contributed by atoms with Gasteiger partial charge in [0.1, 0.15) is 35.1 Å². The van der Waals surface area contributed by atoms with Gasteiger partial charge < -0.3 is 30.7 Å². The third-order valence-corrected chi connectivity index (χ3v) is 15.5. The molecule has 1 saturated heterocycles. The van der Waals surface area contributed by atoms with Crippen LogP contribution in [0.1, 0.15) is 110 Å². The highest BCUT2D eigenvalue weighted by atomic mass is 35.5. The van der Waals surface area contributed by atoms with Gasteiger partial charge in [0, 0.05) is 40.1 Å². The van der Waals surface area contributed by atoms with Crippen molar-refractivity contribution in [3.63, 3.8) is 0 Å². The number of aliphatic hydroxyl groups excluding tert-OH is 1. The monoisotopic (exact) mass is 1050 g/mol. The minimum absolute atomic E-state index is 0.0402. The van der Waals surface area contributed by atoms with Crippen molar-refractivity contribution in [3.05, 3.63) is 139 Å². The summed E-state index contributed by atoms with van der Waals surface area (Å²) in [5.41, 5.74) is 7.88. The van der Waals surface area contributed by atoms with Crippen molar-refractivity contribution in [3.8, 4) is 21.2 Å². The minimum Gasteiger partial charge on any atom is -0.486 e. The number of thiazole rings is 1. The Kier molecular flexibility index (Phi) is 15.8. The number of halogens is 2. The summed E-state index contributed by atoms with van der Waals surface area (Å²) in [5, 5.41) is 29.8. The molecule has 0 spiro atoms. The van der Waals surface area contributed by atoms with Crippen LogP contribution in [0, 0.1) is 38.9 Å². The van der Waals surface area contributed by atoms with E-state index < -0.39 is 65.3 Å². The molecule has 6 aromatic rings. The molecule has 0 saturated carbocycles. The van der Waals surface area contributed by atoms with Crippen molar-refractivity contribution in [2.45, 2.75) is 112 Å². The Morgan fingerprint density at radius 1 is 0.973 bits per heavy atom. The Labute approximate surface area is 437 Å². The zero-order valence-electron chi connectivity index (χ0n) is 42.1. The van der Waals surface area contributed by atoms with Crippen LogP contribution in [0.4, 0.5) is 4.39 Å². The van der Waals surface area contributed by atoms with Crippen LogP contribution in [0.15, 0.2) is 83.3 Å². The second-order valence-corrected chi connectivity index (χ2v) is 22.2. The van der Waals surface area contributed by atoms with Crippen LogP contribution in [-0.4, -0.2) is 96.5 Å². The summed E-state index contributed by atoms with van der Waals surface area (Å²) in [7, 11) is 0. The molecule has 73 heavy (non-hydrogen) atoms. The summed E-state index contributed by atoms with van der Waals surface area (Å²) < 4.78 is 23.1. The van der Waals surface area contributed by atoms with Crippen molar-refractivity contribution in [1.29, 1.82) is 0 Å². The summed E-state index contributed by atoms with van der Waals surface area (Å²) in [6.07, 6.45) is 1.09. The predicted molar refractivity (Wildman–Crippen MR) is 283 cm³/mol. The van der Waals surface area contributed by atoms with Gasteiger partial charge in [-0.05, 0) is 99.6 Å². The number of ether oxygens (including phenoxy) is 1. The van der Waals surface area contributed by atoms with Gasteiger partial charge in [-0.15, -0.1) is 32.9 Å². The first-order chi connectivity index (χ1) is 34.7. The highest BCUT2D eigenvalue weighted by Gasteiger charge is 2.45. The number of likely N-dealkylation sites (tertiary alicyclic amines) is 1. The maximum absolute atomic E-state index is 15.2. The molecule has 19 heteroatoms. The number of rotatable bonds is 15. The number of benzene rings is 3. The number of aliphatic imine (C=N–C) groups is 1. The molecule has 15 nitrogen and oxygen atoms in total. The first kappa shape index (κ1) is 52.7. The summed E-state index contributed by atoms with van der Waals surface area (Å²) in [5.74, 6) is -1.38. The maximum Gasteiger partial charge on any atom is 0.246 e. The number of nitrogens with zero attached hydrogens (tertiary/aromatic N) is 6. The molecule has 382 valence electrons. The Morgan fingerprint density at radius 3 is 2.37 bits per heavy atom. The number of hydrogen-bond acceptors (Lipinski definition) is 12. The van der Waals surface area contributed by atoms with Crippen molar-refractivity contribution in [1.82, 2.24) is 40.6 Å². The Bertz CT molecular complexity index is 3110. The van der Waals surface area contributed by atoms with E-state index in [0.29, 0.717) is 22.2 Å². The zero-order chi connectivity index (χ0) is 52.5. The van der Waals surface area contributed by atoms with E-state index >= 15 is 4.39 Å². The largest absolute Gasteiger partial charge is 0.486 e. The van der Waals surface area contributed by atoms with Gasteiger partial charge in [0.2, 0.25) is 23.6 Å². The second kappa shape index (κ2) is 21.9. The van der Waals surface area contributed by atoms with Crippen molar-refractivity contribution in [2.24, 2.45) is 10.4 Å². The van der Waals surface area contributed by atoms with Gasteiger partial charge in [-0.25, -0.2) is 9.37 Å². The number of aromatic nitrogens is 4. The molecule has 5 heterocycles. The Balaban J connectivity index is 0.882. The lowest BCUT2D eigenvalue weighted by Gasteiger charge is -2.35. The number of fused-ring (bicyclic) bond motifs is 3. The number of nitrogens with one attached hydrogen (secondary N) is 3. The number of hydrogen-bond donors (Lipinski definition) is 4. The van der Waals surface area contributed by atoms with Gasteiger partial charge in [-0.2, -0.15) is 0 Å². The fourth-order valence-electron chi connectivity index (χ4n) is 8.99. The van der Waals surface area contributed by atoms with E-state index in [0.717, 1.165) is 54.0 Å². The number of carbonyl (C=O) groups is 4. The van der Waals surface area contributed by atoms with Crippen LogP contribution < -0.4 is 20.7 Å². The molecule has 1 fully saturated rings. The molecule has 2 aliphatic rings. The Hall–Kier alpha value is -6.60. The topological polar surface area (TPSA) is 193 Å². The van der Waals surface area contributed by atoms with Crippen LogP contribution in [0.25, 0.3) is 21.5 Å². The quantitative estimate of drug-likeness (QED) is 0.0728. The van der Waals surface area contributed by atoms with Crippen molar-refractivity contribution >= 4 is 69.7 Å². The molecular formula is C54H59ClFN9O6S2. The molecule has 0 aliphatic carbocycles. The second-order valence-electron chi connectivity index (χ2n) is 19.7. The van der Waals surface area contributed by atoms with Gasteiger partial charge in [0.25, 0.3) is 0 Å². The maximum atomic E-state index is 15.2. The number of β-amino-alcohol motifs (C(OH)–C–C–N with tert-alkyl or cyclic N) is 1. The highest BCUT2D eigenvalue weighted by molar-refractivity contribution is 7.15. The third kappa shape index (κ3) is 11.8. The van der Waals surface area contributed by atoms with Gasteiger partial charge in [-0.1, -0.05) is 74.8 Å². The van der Waals surface area contributed by atoms with E-state index in [1.807, 2.05) is 73.9 Å². The van der Waals surface area contributed by atoms with Gasteiger partial charge in [0.05, 0.1) is 46.9 Å². The van der Waals surface area contributed by atoms with Gasteiger partial charge in [-0.3, -0.25) is 28.7 Å². The standard InChI is InChI=1S/C54H59ClFN9O6S2/c1-28(25-57-45(68)24-41-50-63-62-33(6)65(50)53-46(29(2)32(5)73-53)47(60-41)36-16-18-38(55)19-17-36)71-43-22-34(10-20-40(43)56)11-21-44(67)61-49(54(7,8)9)52(70)64-26-39(66)23-42(64)51(69)59-30(3)35-12-14-37(15-13-35)48-31(4)58-27-72-48/h10-22,27-28,30,39,41-42,49,66H,23-26H2,1-9H3,(H,57,68)(H,59,69)(H,61,67)/b21-11+/t28-,30+,39-,41?,42+,49-/m1/s1. The van der Waals surface area contributed by atoms with Crippen LogP contribution in [-0.2, 0) is 19.2 Å². The fraction of sp³-hybridized carbons (Fsp3) is 0.370. The highest BCUT2D eigenvalue weighted by Crippen LogP contribution is 2.40. The Morgan fingerprint density at radius 2 is 1.68 bits per heavy atom. The number of amides is 4. The smallest absolute Gasteiger partial charge is 0.246 e. The number of aryl methyl sites for hydroxylation is 3. The predicted octanol–water partition coefficient (Wildman–Crippen LogP) is 8.73. The molecule has 1 unspecified atom stereocenters.